The van der Waals surface area contributed by atoms with Crippen molar-refractivity contribution < 1.29 is 14.7 Å². The van der Waals surface area contributed by atoms with Crippen LogP contribution in [0.25, 0.3) is 0 Å². The molecule has 0 atom stereocenters. The lowest BCUT2D eigenvalue weighted by atomic mass is 10.4. The fraction of sp³-hybridized carbons (Fsp3) is 0.778. The van der Waals surface area contributed by atoms with Crippen LogP contribution in [0.2, 0.25) is 0 Å². The third kappa shape index (κ3) is 5.90. The van der Waals surface area contributed by atoms with Crippen molar-refractivity contribution in [3.63, 3.8) is 0 Å². The third-order valence-electron chi connectivity index (χ3n) is 1.79. The van der Waals surface area contributed by atoms with Gasteiger partial charge in [0.25, 0.3) is 0 Å². The second-order valence-electron chi connectivity index (χ2n) is 3.05. The highest BCUT2D eigenvalue weighted by molar-refractivity contribution is 5.87. The van der Waals surface area contributed by atoms with Gasteiger partial charge >= 0.3 is 0 Å². The maximum atomic E-state index is 11.5. The van der Waals surface area contributed by atoms with Crippen LogP contribution in [0, 0.1) is 0 Å². The van der Waals surface area contributed by atoms with Gasteiger partial charge in [0.2, 0.25) is 5.91 Å². The van der Waals surface area contributed by atoms with Crippen LogP contribution in [-0.4, -0.2) is 48.2 Å². The minimum atomic E-state index is -0.155. The molecule has 0 aromatic rings. The van der Waals surface area contributed by atoms with Gasteiger partial charge in [-0.15, -0.1) is 0 Å². The average molecular weight is 217 g/mol. The van der Waals surface area contributed by atoms with E-state index in [0.717, 1.165) is 6.42 Å². The van der Waals surface area contributed by atoms with Crippen molar-refractivity contribution in [2.75, 3.05) is 26.3 Å². The van der Waals surface area contributed by atoms with Gasteiger partial charge in [0.1, 0.15) is 6.61 Å². The Morgan fingerprint density at radius 2 is 2.20 bits per heavy atom. The number of likely N-dealkylation sites (N-methyl/N-ethyl adjacent to an activating group) is 1. The number of hydrogen-bond donors (Lipinski definition) is 2. The lowest BCUT2D eigenvalue weighted by Crippen LogP contribution is -2.40. The first-order chi connectivity index (χ1) is 7.15. The predicted octanol–water partition coefficient (Wildman–Crippen LogP) is 0.00790. The Bertz CT molecular complexity index is 219. The van der Waals surface area contributed by atoms with Gasteiger partial charge in [-0.2, -0.15) is 0 Å². The smallest absolute Gasteiger partial charge is 0.248 e. The zero-order valence-corrected chi connectivity index (χ0v) is 9.27. The largest absolute Gasteiger partial charge is 0.409 e. The number of amidine groups is 1. The summed E-state index contributed by atoms with van der Waals surface area (Å²) in [5.74, 6) is -0.141. The number of carbonyl (C=O) groups excluding carboxylic acids is 1. The van der Waals surface area contributed by atoms with Crippen LogP contribution in [-0.2, 0) is 9.53 Å². The Morgan fingerprint density at radius 1 is 1.53 bits per heavy atom. The number of nitrogens with zero attached hydrogens (tertiary/aromatic N) is 2. The fourth-order valence-corrected chi connectivity index (χ4v) is 0.999. The number of amides is 1. The van der Waals surface area contributed by atoms with Crippen LogP contribution < -0.4 is 5.73 Å². The summed E-state index contributed by atoms with van der Waals surface area (Å²) in [6.45, 7) is 5.03. The van der Waals surface area contributed by atoms with Gasteiger partial charge in [-0.25, -0.2) is 0 Å². The number of hydrogen-bond acceptors (Lipinski definition) is 4. The van der Waals surface area contributed by atoms with Crippen molar-refractivity contribution in [3.8, 4) is 0 Å². The molecule has 0 spiro atoms. The lowest BCUT2D eigenvalue weighted by molar-refractivity contribution is -0.135. The van der Waals surface area contributed by atoms with E-state index < -0.39 is 0 Å². The summed E-state index contributed by atoms with van der Waals surface area (Å²) in [5, 5.41) is 11.2. The van der Waals surface area contributed by atoms with Gasteiger partial charge < -0.3 is 20.6 Å². The first-order valence-corrected chi connectivity index (χ1v) is 4.97. The SMILES string of the molecule is CCCOCC(=O)N(CC)CC(N)=NO. The number of carbonyl (C=O) groups is 1. The van der Waals surface area contributed by atoms with Crippen molar-refractivity contribution in [2.45, 2.75) is 20.3 Å². The second-order valence-corrected chi connectivity index (χ2v) is 3.05. The van der Waals surface area contributed by atoms with Gasteiger partial charge in [-0.1, -0.05) is 12.1 Å². The van der Waals surface area contributed by atoms with Crippen LogP contribution in [0.5, 0.6) is 0 Å². The van der Waals surface area contributed by atoms with E-state index in [0.29, 0.717) is 13.2 Å². The minimum Gasteiger partial charge on any atom is -0.409 e. The molecule has 0 radical (unpaired) electrons. The summed E-state index contributed by atoms with van der Waals surface area (Å²) in [5.41, 5.74) is 5.31. The Balaban J connectivity index is 3.99. The van der Waals surface area contributed by atoms with E-state index in [1.807, 2.05) is 13.8 Å². The molecule has 0 aliphatic rings. The van der Waals surface area contributed by atoms with E-state index in [-0.39, 0.29) is 24.9 Å². The van der Waals surface area contributed by atoms with Gasteiger partial charge in [0.15, 0.2) is 5.84 Å². The monoisotopic (exact) mass is 217 g/mol. The standard InChI is InChI=1S/C9H19N3O3/c1-3-5-15-7-9(13)12(4-2)6-8(10)11-14/h14H,3-7H2,1-2H3,(H2,10,11). The minimum absolute atomic E-state index is 0.0145. The molecular formula is C9H19N3O3. The van der Waals surface area contributed by atoms with Crippen molar-refractivity contribution in [2.24, 2.45) is 10.9 Å². The summed E-state index contributed by atoms with van der Waals surface area (Å²) in [7, 11) is 0. The number of rotatable bonds is 7. The zero-order chi connectivity index (χ0) is 11.7. The molecule has 6 nitrogen and oxygen atoms in total. The molecular weight excluding hydrogens is 198 g/mol. The van der Waals surface area contributed by atoms with Crippen molar-refractivity contribution >= 4 is 11.7 Å². The van der Waals surface area contributed by atoms with Crippen LogP contribution in [0.1, 0.15) is 20.3 Å². The summed E-state index contributed by atoms with van der Waals surface area (Å²) >= 11 is 0. The Labute approximate surface area is 89.7 Å². The highest BCUT2D eigenvalue weighted by Gasteiger charge is 2.12. The van der Waals surface area contributed by atoms with E-state index in [1.54, 1.807) is 0 Å². The van der Waals surface area contributed by atoms with Gasteiger partial charge in [0.05, 0.1) is 6.54 Å². The molecule has 0 saturated heterocycles. The van der Waals surface area contributed by atoms with Gasteiger partial charge in [0, 0.05) is 13.2 Å². The maximum absolute atomic E-state index is 11.5. The third-order valence-corrected chi connectivity index (χ3v) is 1.79. The summed E-state index contributed by atoms with van der Waals surface area (Å²) in [6.07, 6.45) is 0.875. The molecule has 1 amide bonds. The van der Waals surface area contributed by atoms with Crippen LogP contribution >= 0.6 is 0 Å². The molecule has 88 valence electrons. The predicted molar refractivity (Wildman–Crippen MR) is 56.8 cm³/mol. The van der Waals surface area contributed by atoms with Gasteiger partial charge in [-0.3, -0.25) is 4.79 Å². The molecule has 6 heteroatoms. The number of ether oxygens (including phenoxy) is 1. The Hall–Kier alpha value is -1.30. The van der Waals surface area contributed by atoms with Crippen LogP contribution in [0.4, 0.5) is 0 Å². The van der Waals surface area contributed by atoms with Crippen LogP contribution in [0.3, 0.4) is 0 Å². The highest BCUT2D eigenvalue weighted by Crippen LogP contribution is 1.91. The Kier molecular flexibility index (Phi) is 7.35. The fourth-order valence-electron chi connectivity index (χ4n) is 0.999. The topological polar surface area (TPSA) is 88.2 Å². The zero-order valence-electron chi connectivity index (χ0n) is 9.27. The molecule has 15 heavy (non-hydrogen) atoms. The van der Waals surface area contributed by atoms with Gasteiger partial charge in [-0.05, 0) is 13.3 Å². The van der Waals surface area contributed by atoms with Crippen molar-refractivity contribution in [1.29, 1.82) is 0 Å². The molecule has 0 saturated carbocycles. The molecule has 3 N–H and O–H groups in total. The highest BCUT2D eigenvalue weighted by atomic mass is 16.5. The molecule has 0 unspecified atom stereocenters. The van der Waals surface area contributed by atoms with E-state index in [9.17, 15) is 4.79 Å². The summed E-state index contributed by atoms with van der Waals surface area (Å²) in [4.78, 5) is 13.0. The van der Waals surface area contributed by atoms with E-state index >= 15 is 0 Å². The second kappa shape index (κ2) is 8.05. The summed E-state index contributed by atoms with van der Waals surface area (Å²) < 4.78 is 5.11. The first-order valence-electron chi connectivity index (χ1n) is 4.97. The van der Waals surface area contributed by atoms with Crippen molar-refractivity contribution in [3.05, 3.63) is 0 Å². The van der Waals surface area contributed by atoms with E-state index in [1.165, 1.54) is 4.90 Å². The normalized spacial score (nSPS) is 11.5. The molecule has 0 heterocycles. The molecule has 0 aliphatic carbocycles. The Morgan fingerprint density at radius 3 is 2.67 bits per heavy atom. The van der Waals surface area contributed by atoms with E-state index in [4.69, 9.17) is 15.7 Å². The molecule has 0 aromatic carbocycles. The molecule has 0 fully saturated rings. The maximum Gasteiger partial charge on any atom is 0.248 e. The lowest BCUT2D eigenvalue weighted by Gasteiger charge is -2.19. The van der Waals surface area contributed by atoms with E-state index in [2.05, 4.69) is 5.16 Å². The molecule has 0 rings (SSSR count). The molecule has 0 aromatic heterocycles. The molecule has 0 aliphatic heterocycles. The summed E-state index contributed by atoms with van der Waals surface area (Å²) in [6, 6.07) is 0. The molecule has 0 bridgehead atoms. The quantitative estimate of drug-likeness (QED) is 0.207. The number of nitrogens with two attached hydrogens (primary N) is 1. The number of oxime groups is 1. The first kappa shape index (κ1) is 13.7. The van der Waals surface area contributed by atoms with Crippen LogP contribution in [0.15, 0.2) is 5.16 Å². The van der Waals surface area contributed by atoms with Crippen molar-refractivity contribution in [1.82, 2.24) is 4.90 Å². The average Bonchev–Trinajstić information content (AvgIpc) is 2.25.